The molecule has 25 heavy (non-hydrogen) atoms. The molecule has 3 heterocycles. The second-order valence-electron chi connectivity index (χ2n) is 7.08. The maximum atomic E-state index is 11.5. The smallest absolute Gasteiger partial charge is 0.240 e. The van der Waals surface area contributed by atoms with Crippen molar-refractivity contribution in [1.29, 1.82) is 0 Å². The van der Waals surface area contributed by atoms with Crippen molar-refractivity contribution in [3.63, 3.8) is 0 Å². The first kappa shape index (κ1) is 16.2. The Hall–Kier alpha value is -2.28. The number of pyridine rings is 1. The van der Waals surface area contributed by atoms with E-state index in [2.05, 4.69) is 25.3 Å². The first-order chi connectivity index (χ1) is 12.2. The van der Waals surface area contributed by atoms with Gasteiger partial charge in [0.05, 0.1) is 6.54 Å². The lowest BCUT2D eigenvalue weighted by Crippen LogP contribution is -2.38. The van der Waals surface area contributed by atoms with Crippen molar-refractivity contribution in [3.05, 3.63) is 41.8 Å². The van der Waals surface area contributed by atoms with E-state index < -0.39 is 0 Å². The average Bonchev–Trinajstić information content (AvgIpc) is 3.16. The number of hydrogen-bond acceptors (Lipinski definition) is 6. The van der Waals surface area contributed by atoms with E-state index >= 15 is 0 Å². The van der Waals surface area contributed by atoms with Crippen LogP contribution in [-0.2, 0) is 24.3 Å². The minimum Gasteiger partial charge on any atom is -0.352 e. The highest BCUT2D eigenvalue weighted by Crippen LogP contribution is 2.31. The van der Waals surface area contributed by atoms with Crippen LogP contribution in [-0.4, -0.2) is 38.5 Å². The van der Waals surface area contributed by atoms with Crippen molar-refractivity contribution in [2.75, 3.05) is 6.54 Å². The Morgan fingerprint density at radius 2 is 2.04 bits per heavy atom. The first-order valence-corrected chi connectivity index (χ1v) is 8.96. The summed E-state index contributed by atoms with van der Waals surface area (Å²) >= 11 is 0. The molecule has 1 N–H and O–H groups in total. The molecular formula is C18H23N5O2. The summed E-state index contributed by atoms with van der Waals surface area (Å²) in [4.78, 5) is 22.3. The number of aromatic nitrogens is 3. The Labute approximate surface area is 146 Å². The highest BCUT2D eigenvalue weighted by molar-refractivity contribution is 5.78. The Balaban J connectivity index is 1.41. The van der Waals surface area contributed by atoms with Gasteiger partial charge in [0.1, 0.15) is 0 Å². The van der Waals surface area contributed by atoms with Crippen LogP contribution in [0.3, 0.4) is 0 Å². The number of hydrogen-bond donors (Lipinski definition) is 1. The fraction of sp³-hybridized carbons (Fsp3) is 0.556. The molecule has 0 spiro atoms. The number of nitrogens with zero attached hydrogens (tertiary/aromatic N) is 4. The Kier molecular flexibility index (Phi) is 4.74. The molecule has 2 aromatic heterocycles. The van der Waals surface area contributed by atoms with E-state index in [4.69, 9.17) is 4.52 Å². The zero-order chi connectivity index (χ0) is 17.1. The topological polar surface area (TPSA) is 84.2 Å². The monoisotopic (exact) mass is 341 g/mol. The van der Waals surface area contributed by atoms with Gasteiger partial charge >= 0.3 is 0 Å². The van der Waals surface area contributed by atoms with Gasteiger partial charge in [-0.15, -0.1) is 0 Å². The lowest BCUT2D eigenvalue weighted by molar-refractivity contribution is -0.119. The van der Waals surface area contributed by atoms with Crippen molar-refractivity contribution in [1.82, 2.24) is 25.3 Å². The number of rotatable bonds is 8. The number of carbonyl (C=O) groups is 1. The van der Waals surface area contributed by atoms with Gasteiger partial charge in [0.15, 0.2) is 5.82 Å². The van der Waals surface area contributed by atoms with Crippen LogP contribution in [0, 0.1) is 5.92 Å². The fourth-order valence-corrected chi connectivity index (χ4v) is 3.27. The van der Waals surface area contributed by atoms with Crippen LogP contribution in [0.1, 0.15) is 43.0 Å². The van der Waals surface area contributed by atoms with Crippen molar-refractivity contribution in [2.45, 2.75) is 51.2 Å². The molecule has 1 atom stereocenters. The van der Waals surface area contributed by atoms with Gasteiger partial charge in [0.2, 0.25) is 11.8 Å². The van der Waals surface area contributed by atoms with E-state index in [1.54, 1.807) is 12.4 Å². The quantitative estimate of drug-likeness (QED) is 0.787. The maximum absolute atomic E-state index is 11.5. The van der Waals surface area contributed by atoms with Gasteiger partial charge in [-0.1, -0.05) is 5.16 Å². The molecule has 1 saturated heterocycles. The summed E-state index contributed by atoms with van der Waals surface area (Å²) in [5.74, 6) is 2.34. The zero-order valence-electron chi connectivity index (χ0n) is 14.2. The molecule has 1 saturated carbocycles. The van der Waals surface area contributed by atoms with Crippen molar-refractivity contribution in [3.8, 4) is 0 Å². The standard InChI is InChI=1S/C18H23N5O2/c24-17-4-3-15(20-17)11-23(10-14-5-7-19-8-6-14)12-18-21-16(22-25-18)9-13-1-2-13/h5-8,13,15H,1-4,9-12H2,(H,20,24). The van der Waals surface area contributed by atoms with Gasteiger partial charge in [0, 0.05) is 44.4 Å². The lowest BCUT2D eigenvalue weighted by Gasteiger charge is -2.24. The van der Waals surface area contributed by atoms with E-state index in [9.17, 15) is 4.79 Å². The van der Waals surface area contributed by atoms with Crippen LogP contribution in [0.4, 0.5) is 0 Å². The predicted molar refractivity (Wildman–Crippen MR) is 90.2 cm³/mol. The summed E-state index contributed by atoms with van der Waals surface area (Å²) in [5.41, 5.74) is 1.18. The summed E-state index contributed by atoms with van der Waals surface area (Å²) in [7, 11) is 0. The Morgan fingerprint density at radius 3 is 2.76 bits per heavy atom. The molecule has 0 bridgehead atoms. The van der Waals surface area contributed by atoms with Crippen molar-refractivity contribution < 1.29 is 9.32 Å². The van der Waals surface area contributed by atoms with Gasteiger partial charge in [-0.05, 0) is 42.9 Å². The molecule has 2 aromatic rings. The molecule has 7 nitrogen and oxygen atoms in total. The third kappa shape index (κ3) is 4.63. The van der Waals surface area contributed by atoms with Gasteiger partial charge in [-0.3, -0.25) is 14.7 Å². The minimum absolute atomic E-state index is 0.137. The molecule has 1 unspecified atom stereocenters. The van der Waals surface area contributed by atoms with Crippen LogP contribution >= 0.6 is 0 Å². The first-order valence-electron chi connectivity index (χ1n) is 8.96. The van der Waals surface area contributed by atoms with Crippen LogP contribution < -0.4 is 5.32 Å². The van der Waals surface area contributed by atoms with Gasteiger partial charge in [-0.25, -0.2) is 0 Å². The highest BCUT2D eigenvalue weighted by Gasteiger charge is 2.26. The van der Waals surface area contributed by atoms with Crippen molar-refractivity contribution in [2.24, 2.45) is 5.92 Å². The zero-order valence-corrected chi connectivity index (χ0v) is 14.2. The second kappa shape index (κ2) is 7.31. The number of amides is 1. The summed E-state index contributed by atoms with van der Waals surface area (Å²) < 4.78 is 5.44. The summed E-state index contributed by atoms with van der Waals surface area (Å²) in [6.07, 6.45) is 8.56. The molecule has 4 rings (SSSR count). The maximum Gasteiger partial charge on any atom is 0.240 e. The molecular weight excluding hydrogens is 318 g/mol. The summed E-state index contributed by atoms with van der Waals surface area (Å²) in [6, 6.07) is 4.20. The van der Waals surface area contributed by atoms with Crippen LogP contribution in [0.15, 0.2) is 29.0 Å². The molecule has 1 aliphatic heterocycles. The molecule has 7 heteroatoms. The molecule has 1 amide bonds. The molecule has 0 radical (unpaired) electrons. The average molecular weight is 341 g/mol. The minimum atomic E-state index is 0.137. The van der Waals surface area contributed by atoms with Crippen LogP contribution in [0.25, 0.3) is 0 Å². The van der Waals surface area contributed by atoms with Gasteiger partial charge in [0.25, 0.3) is 0 Å². The molecule has 132 valence electrons. The number of carbonyl (C=O) groups excluding carboxylic acids is 1. The molecule has 1 aliphatic carbocycles. The Bertz CT molecular complexity index is 713. The van der Waals surface area contributed by atoms with Crippen molar-refractivity contribution >= 4 is 5.91 Å². The molecule has 2 aliphatic rings. The van der Waals surface area contributed by atoms with Gasteiger partial charge < -0.3 is 9.84 Å². The van der Waals surface area contributed by atoms with Gasteiger partial charge in [-0.2, -0.15) is 4.98 Å². The third-order valence-corrected chi connectivity index (χ3v) is 4.76. The van der Waals surface area contributed by atoms with E-state index in [1.165, 1.54) is 18.4 Å². The Morgan fingerprint density at radius 1 is 1.20 bits per heavy atom. The number of nitrogens with one attached hydrogen (secondary N) is 1. The van der Waals surface area contributed by atoms with Crippen LogP contribution in [0.5, 0.6) is 0 Å². The highest BCUT2D eigenvalue weighted by atomic mass is 16.5. The van der Waals surface area contributed by atoms with E-state index in [0.29, 0.717) is 18.9 Å². The normalized spacial score (nSPS) is 20.2. The second-order valence-corrected chi connectivity index (χ2v) is 7.08. The van der Waals surface area contributed by atoms with E-state index in [-0.39, 0.29) is 11.9 Å². The molecule has 2 fully saturated rings. The third-order valence-electron chi connectivity index (χ3n) is 4.76. The largest absolute Gasteiger partial charge is 0.352 e. The predicted octanol–water partition coefficient (Wildman–Crippen LogP) is 1.70. The molecule has 0 aromatic carbocycles. The van der Waals surface area contributed by atoms with E-state index in [0.717, 1.165) is 37.7 Å². The summed E-state index contributed by atoms with van der Waals surface area (Å²) in [5, 5.41) is 7.14. The lowest BCUT2D eigenvalue weighted by atomic mass is 10.2. The van der Waals surface area contributed by atoms with Crippen LogP contribution in [0.2, 0.25) is 0 Å². The fourth-order valence-electron chi connectivity index (χ4n) is 3.27. The summed E-state index contributed by atoms with van der Waals surface area (Å²) in [6.45, 7) is 2.12. The van der Waals surface area contributed by atoms with E-state index in [1.807, 2.05) is 12.1 Å². The SMILES string of the molecule is O=C1CCC(CN(Cc2ccncc2)Cc2nc(CC3CC3)no2)N1.